The number of benzene rings is 2. The van der Waals surface area contributed by atoms with E-state index in [0.717, 1.165) is 0 Å². The van der Waals surface area contributed by atoms with Gasteiger partial charge in [0.2, 0.25) is 6.04 Å². The molecular weight excluding hydrogens is 282 g/mol. The van der Waals surface area contributed by atoms with E-state index in [4.69, 9.17) is 4.74 Å². The highest BCUT2D eigenvalue weighted by Crippen LogP contribution is 2.21. The fourth-order valence-electron chi connectivity index (χ4n) is 2.07. The minimum absolute atomic E-state index is 0.160. The molecule has 2 aromatic carbocycles. The van der Waals surface area contributed by atoms with Crippen LogP contribution in [0.1, 0.15) is 34.5 Å². The van der Waals surface area contributed by atoms with Crippen molar-refractivity contribution in [3.05, 3.63) is 76.2 Å². The Morgan fingerprint density at radius 1 is 1.05 bits per heavy atom. The molecule has 5 nitrogen and oxygen atoms in total. The standard InChI is InChI=1S/C17H15NO4/c1-2-22-17(20)15(18-21)13-9-6-10-14(11-13)16(19)12-7-4-3-5-8-12/h3-11,15H,2H2,1H3. The third-order valence-electron chi connectivity index (χ3n) is 3.12. The van der Waals surface area contributed by atoms with Gasteiger partial charge in [-0.25, -0.2) is 4.79 Å². The van der Waals surface area contributed by atoms with Crippen molar-refractivity contribution >= 4 is 11.8 Å². The molecule has 0 aliphatic rings. The number of carbonyl (C=O) groups excluding carboxylic acids is 2. The molecule has 2 aromatic rings. The molecule has 2 rings (SSSR count). The largest absolute Gasteiger partial charge is 0.464 e. The Morgan fingerprint density at radius 3 is 2.36 bits per heavy atom. The Labute approximate surface area is 127 Å². The number of ether oxygens (including phenoxy) is 1. The second kappa shape index (κ2) is 7.26. The molecule has 0 heterocycles. The Bertz CT molecular complexity index is 682. The molecule has 0 aliphatic heterocycles. The molecule has 112 valence electrons. The van der Waals surface area contributed by atoms with Gasteiger partial charge in [-0.3, -0.25) is 4.79 Å². The van der Waals surface area contributed by atoms with Crippen LogP contribution in [0.3, 0.4) is 0 Å². The highest BCUT2D eigenvalue weighted by Gasteiger charge is 2.23. The van der Waals surface area contributed by atoms with E-state index >= 15 is 0 Å². The number of ketones is 1. The summed E-state index contributed by atoms with van der Waals surface area (Å²) in [6.07, 6.45) is 0. The topological polar surface area (TPSA) is 72.8 Å². The van der Waals surface area contributed by atoms with Crippen LogP contribution in [0, 0.1) is 4.91 Å². The normalized spacial score (nSPS) is 11.5. The maximum absolute atomic E-state index is 12.4. The van der Waals surface area contributed by atoms with E-state index in [1.807, 2.05) is 6.07 Å². The molecule has 0 bridgehead atoms. The number of rotatable bonds is 6. The van der Waals surface area contributed by atoms with E-state index < -0.39 is 12.0 Å². The first-order valence-electron chi connectivity index (χ1n) is 6.86. The average molecular weight is 297 g/mol. The lowest BCUT2D eigenvalue weighted by Crippen LogP contribution is -2.14. The van der Waals surface area contributed by atoms with Crippen LogP contribution in [0.15, 0.2) is 59.8 Å². The van der Waals surface area contributed by atoms with Crippen LogP contribution in [-0.4, -0.2) is 18.4 Å². The van der Waals surface area contributed by atoms with Gasteiger partial charge in [-0.05, 0) is 23.7 Å². The zero-order valence-electron chi connectivity index (χ0n) is 12.1. The highest BCUT2D eigenvalue weighted by molar-refractivity contribution is 6.09. The van der Waals surface area contributed by atoms with E-state index in [-0.39, 0.29) is 12.4 Å². The molecule has 1 atom stereocenters. The Morgan fingerprint density at radius 2 is 1.73 bits per heavy atom. The molecular formula is C17H15NO4. The van der Waals surface area contributed by atoms with Gasteiger partial charge in [0.25, 0.3) is 0 Å². The summed E-state index contributed by atoms with van der Waals surface area (Å²) in [6.45, 7) is 1.81. The second-order valence-corrected chi connectivity index (χ2v) is 4.58. The lowest BCUT2D eigenvalue weighted by Gasteiger charge is -2.10. The Kier molecular flexibility index (Phi) is 5.14. The van der Waals surface area contributed by atoms with Crippen LogP contribution in [-0.2, 0) is 9.53 Å². The smallest absolute Gasteiger partial charge is 0.339 e. The summed E-state index contributed by atoms with van der Waals surface area (Å²) in [5.74, 6) is -0.905. The number of nitroso groups, excluding NO2 is 1. The predicted octanol–water partition coefficient (Wildman–Crippen LogP) is 3.29. The zero-order chi connectivity index (χ0) is 15.9. The summed E-state index contributed by atoms with van der Waals surface area (Å²) in [7, 11) is 0. The van der Waals surface area contributed by atoms with Crippen LogP contribution in [0.25, 0.3) is 0 Å². The van der Waals surface area contributed by atoms with E-state index in [1.165, 1.54) is 6.07 Å². The van der Waals surface area contributed by atoms with Crippen molar-refractivity contribution in [1.29, 1.82) is 0 Å². The van der Waals surface area contributed by atoms with Gasteiger partial charge in [0, 0.05) is 11.1 Å². The number of nitrogens with zero attached hydrogens (tertiary/aromatic N) is 1. The van der Waals surface area contributed by atoms with E-state index in [9.17, 15) is 14.5 Å². The van der Waals surface area contributed by atoms with E-state index in [1.54, 1.807) is 49.4 Å². The summed E-state index contributed by atoms with van der Waals surface area (Å²) in [6, 6.07) is 13.8. The minimum atomic E-state index is -1.26. The van der Waals surface area contributed by atoms with Gasteiger partial charge in [-0.2, -0.15) is 0 Å². The van der Waals surface area contributed by atoms with Gasteiger partial charge < -0.3 is 4.74 Å². The third kappa shape index (κ3) is 3.44. The Balaban J connectivity index is 2.32. The van der Waals surface area contributed by atoms with Crippen molar-refractivity contribution in [2.24, 2.45) is 5.18 Å². The molecule has 0 amide bonds. The van der Waals surface area contributed by atoms with Crippen molar-refractivity contribution in [3.63, 3.8) is 0 Å². The predicted molar refractivity (Wildman–Crippen MR) is 81.5 cm³/mol. The van der Waals surface area contributed by atoms with Crippen molar-refractivity contribution < 1.29 is 14.3 Å². The number of hydrogen-bond donors (Lipinski definition) is 0. The third-order valence-corrected chi connectivity index (χ3v) is 3.12. The maximum atomic E-state index is 12.4. The molecule has 0 spiro atoms. The van der Waals surface area contributed by atoms with E-state index in [2.05, 4.69) is 5.18 Å². The van der Waals surface area contributed by atoms with Gasteiger partial charge in [0.1, 0.15) is 0 Å². The molecule has 0 fully saturated rings. The summed E-state index contributed by atoms with van der Waals surface area (Å²) < 4.78 is 4.82. The van der Waals surface area contributed by atoms with E-state index in [0.29, 0.717) is 16.7 Å². The molecule has 0 aliphatic carbocycles. The number of carbonyl (C=O) groups is 2. The van der Waals surface area contributed by atoms with Crippen LogP contribution < -0.4 is 0 Å². The molecule has 22 heavy (non-hydrogen) atoms. The summed E-state index contributed by atoms with van der Waals surface area (Å²) in [5.41, 5.74) is 1.27. The van der Waals surface area contributed by atoms with Crippen molar-refractivity contribution in [2.75, 3.05) is 6.61 Å². The number of hydrogen-bond acceptors (Lipinski definition) is 5. The zero-order valence-corrected chi connectivity index (χ0v) is 12.1. The number of esters is 1. The van der Waals surface area contributed by atoms with Gasteiger partial charge >= 0.3 is 5.97 Å². The fraction of sp³-hybridized carbons (Fsp3) is 0.176. The van der Waals surface area contributed by atoms with Gasteiger partial charge in [-0.1, -0.05) is 48.5 Å². The van der Waals surface area contributed by atoms with Crippen LogP contribution in [0.2, 0.25) is 0 Å². The maximum Gasteiger partial charge on any atom is 0.339 e. The van der Waals surface area contributed by atoms with Crippen LogP contribution >= 0.6 is 0 Å². The fourth-order valence-corrected chi connectivity index (χ4v) is 2.07. The van der Waals surface area contributed by atoms with Crippen molar-refractivity contribution in [2.45, 2.75) is 13.0 Å². The second-order valence-electron chi connectivity index (χ2n) is 4.58. The first-order chi connectivity index (χ1) is 10.7. The monoisotopic (exact) mass is 297 g/mol. The molecule has 5 heteroatoms. The quantitative estimate of drug-likeness (QED) is 0.466. The molecule has 0 aromatic heterocycles. The van der Waals surface area contributed by atoms with Gasteiger partial charge in [-0.15, -0.1) is 4.91 Å². The van der Waals surface area contributed by atoms with Crippen LogP contribution in [0.5, 0.6) is 0 Å². The summed E-state index contributed by atoms with van der Waals surface area (Å²) >= 11 is 0. The SMILES string of the molecule is CCOC(=O)C(N=O)c1cccc(C(=O)c2ccccc2)c1. The average Bonchev–Trinajstić information content (AvgIpc) is 2.56. The lowest BCUT2D eigenvalue weighted by molar-refractivity contribution is -0.144. The molecule has 0 saturated carbocycles. The summed E-state index contributed by atoms with van der Waals surface area (Å²) in [5, 5.41) is 2.81. The molecule has 0 saturated heterocycles. The summed E-state index contributed by atoms with van der Waals surface area (Å²) in [4.78, 5) is 35.0. The molecule has 0 radical (unpaired) electrons. The van der Waals surface area contributed by atoms with Gasteiger partial charge in [0.05, 0.1) is 6.61 Å². The Hall–Kier alpha value is -2.82. The molecule has 1 unspecified atom stereocenters. The first-order valence-corrected chi connectivity index (χ1v) is 6.86. The first kappa shape index (κ1) is 15.6. The highest BCUT2D eigenvalue weighted by atomic mass is 16.5. The van der Waals surface area contributed by atoms with Crippen molar-refractivity contribution in [3.8, 4) is 0 Å². The van der Waals surface area contributed by atoms with Gasteiger partial charge in [0.15, 0.2) is 5.78 Å². The van der Waals surface area contributed by atoms with Crippen LogP contribution in [0.4, 0.5) is 0 Å². The lowest BCUT2D eigenvalue weighted by atomic mass is 9.99. The molecule has 0 N–H and O–H groups in total. The van der Waals surface area contributed by atoms with Crippen molar-refractivity contribution in [1.82, 2.24) is 0 Å². The minimum Gasteiger partial charge on any atom is -0.464 e.